The number of halogens is 2. The maximum atomic E-state index is 12.1. The molecule has 24 heavy (non-hydrogen) atoms. The first kappa shape index (κ1) is 17.2. The number of benzene rings is 1. The Morgan fingerprint density at radius 3 is 2.79 bits per heavy atom. The average molecular weight is 370 g/mol. The molecule has 1 saturated heterocycles. The Labute approximate surface area is 149 Å². The molecule has 1 aromatic heterocycles. The third kappa shape index (κ3) is 4.27. The molecule has 1 aromatic carbocycles. The van der Waals surface area contributed by atoms with E-state index in [-0.39, 0.29) is 11.6 Å². The molecule has 0 saturated carbocycles. The highest BCUT2D eigenvalue weighted by molar-refractivity contribution is 6.42. The Kier molecular flexibility index (Phi) is 5.73. The van der Waals surface area contributed by atoms with Crippen molar-refractivity contribution >= 4 is 29.1 Å². The minimum Gasteiger partial charge on any atom is -0.444 e. The summed E-state index contributed by atoms with van der Waals surface area (Å²) in [6.45, 7) is 4.59. The molecule has 8 heteroatoms. The molecule has 1 aliphatic rings. The number of ether oxygens (including phenoxy) is 1. The molecule has 1 amide bonds. The van der Waals surface area contributed by atoms with Crippen LogP contribution in [0.1, 0.15) is 10.5 Å². The van der Waals surface area contributed by atoms with E-state index in [2.05, 4.69) is 15.2 Å². The second-order valence-corrected chi connectivity index (χ2v) is 6.19. The third-order valence-electron chi connectivity index (χ3n) is 3.72. The summed E-state index contributed by atoms with van der Waals surface area (Å²) in [5.41, 5.74) is 0.898. The molecule has 0 spiro atoms. The molecule has 2 heterocycles. The minimum absolute atomic E-state index is 0.234. The SMILES string of the molecule is O=C(NCCN1CCOCC1)c1coc(-c2ccc(Cl)c(Cl)c2)n1. The molecular weight excluding hydrogens is 353 g/mol. The normalized spacial score (nSPS) is 15.4. The summed E-state index contributed by atoms with van der Waals surface area (Å²) in [6, 6.07) is 5.04. The topological polar surface area (TPSA) is 67.6 Å². The van der Waals surface area contributed by atoms with Gasteiger partial charge in [0.2, 0.25) is 5.89 Å². The van der Waals surface area contributed by atoms with Gasteiger partial charge in [-0.05, 0) is 18.2 Å². The zero-order valence-corrected chi connectivity index (χ0v) is 14.4. The number of carbonyl (C=O) groups excluding carboxylic acids is 1. The van der Waals surface area contributed by atoms with Crippen LogP contribution < -0.4 is 5.32 Å². The van der Waals surface area contributed by atoms with E-state index >= 15 is 0 Å². The number of morpholine rings is 1. The molecule has 3 rings (SSSR count). The number of nitrogens with one attached hydrogen (secondary N) is 1. The van der Waals surface area contributed by atoms with E-state index in [4.69, 9.17) is 32.4 Å². The summed E-state index contributed by atoms with van der Waals surface area (Å²) in [5, 5.41) is 3.70. The van der Waals surface area contributed by atoms with Gasteiger partial charge in [-0.25, -0.2) is 4.98 Å². The van der Waals surface area contributed by atoms with Crippen LogP contribution in [0.4, 0.5) is 0 Å². The lowest BCUT2D eigenvalue weighted by atomic mass is 10.2. The number of nitrogens with zero attached hydrogens (tertiary/aromatic N) is 2. The number of rotatable bonds is 5. The first-order valence-electron chi connectivity index (χ1n) is 7.63. The highest BCUT2D eigenvalue weighted by Gasteiger charge is 2.15. The van der Waals surface area contributed by atoms with Gasteiger partial charge < -0.3 is 14.5 Å². The lowest BCUT2D eigenvalue weighted by Gasteiger charge is -2.26. The van der Waals surface area contributed by atoms with Crippen molar-refractivity contribution in [2.75, 3.05) is 39.4 Å². The minimum atomic E-state index is -0.265. The first-order valence-corrected chi connectivity index (χ1v) is 8.38. The van der Waals surface area contributed by atoms with Crippen LogP contribution in [0.25, 0.3) is 11.5 Å². The molecule has 0 bridgehead atoms. The number of hydrogen-bond donors (Lipinski definition) is 1. The van der Waals surface area contributed by atoms with Crippen LogP contribution in [0.15, 0.2) is 28.9 Å². The van der Waals surface area contributed by atoms with Crippen LogP contribution in [0.3, 0.4) is 0 Å². The lowest BCUT2D eigenvalue weighted by Crippen LogP contribution is -2.41. The standard InChI is InChI=1S/C16H17Cl2N3O3/c17-12-2-1-11(9-13(12)18)16-20-14(10-24-16)15(22)19-3-4-21-5-7-23-8-6-21/h1-2,9-10H,3-8H2,(H,19,22). The summed E-state index contributed by atoms with van der Waals surface area (Å²) in [4.78, 5) is 18.6. The Morgan fingerprint density at radius 1 is 1.25 bits per heavy atom. The van der Waals surface area contributed by atoms with Gasteiger partial charge in [-0.2, -0.15) is 0 Å². The molecule has 128 valence electrons. The first-order chi connectivity index (χ1) is 11.6. The van der Waals surface area contributed by atoms with Gasteiger partial charge in [-0.15, -0.1) is 0 Å². The van der Waals surface area contributed by atoms with Gasteiger partial charge >= 0.3 is 0 Å². The van der Waals surface area contributed by atoms with Crippen molar-refractivity contribution in [3.63, 3.8) is 0 Å². The number of carbonyl (C=O) groups is 1. The summed E-state index contributed by atoms with van der Waals surface area (Å²) in [6.07, 6.45) is 1.34. The summed E-state index contributed by atoms with van der Waals surface area (Å²) < 4.78 is 10.7. The zero-order valence-electron chi connectivity index (χ0n) is 12.9. The van der Waals surface area contributed by atoms with Crippen molar-refractivity contribution in [1.29, 1.82) is 0 Å². The lowest BCUT2D eigenvalue weighted by molar-refractivity contribution is 0.0383. The van der Waals surface area contributed by atoms with E-state index in [1.807, 2.05) is 0 Å². The van der Waals surface area contributed by atoms with Crippen molar-refractivity contribution in [2.45, 2.75) is 0 Å². The summed E-state index contributed by atoms with van der Waals surface area (Å²) in [7, 11) is 0. The van der Waals surface area contributed by atoms with Crippen molar-refractivity contribution < 1.29 is 13.9 Å². The Bertz CT molecular complexity index is 714. The second-order valence-electron chi connectivity index (χ2n) is 5.38. The maximum absolute atomic E-state index is 12.1. The van der Waals surface area contributed by atoms with Gasteiger partial charge in [0.1, 0.15) is 6.26 Å². The highest BCUT2D eigenvalue weighted by atomic mass is 35.5. The van der Waals surface area contributed by atoms with Gasteiger partial charge in [-0.1, -0.05) is 23.2 Å². The van der Waals surface area contributed by atoms with Crippen LogP contribution in [0, 0.1) is 0 Å². The van der Waals surface area contributed by atoms with E-state index in [0.29, 0.717) is 28.0 Å². The molecule has 1 fully saturated rings. The summed E-state index contributed by atoms with van der Waals surface area (Å²) in [5.74, 6) is 0.0604. The fourth-order valence-corrected chi connectivity index (χ4v) is 2.68. The van der Waals surface area contributed by atoms with E-state index in [1.165, 1.54) is 6.26 Å². The Morgan fingerprint density at radius 2 is 2.04 bits per heavy atom. The van der Waals surface area contributed by atoms with Gasteiger partial charge in [0, 0.05) is 31.7 Å². The predicted octanol–water partition coefficient (Wildman–Crippen LogP) is 2.71. The fourth-order valence-electron chi connectivity index (χ4n) is 2.38. The average Bonchev–Trinajstić information content (AvgIpc) is 3.08. The zero-order chi connectivity index (χ0) is 16.9. The fraction of sp³-hybridized carbons (Fsp3) is 0.375. The predicted molar refractivity (Wildman–Crippen MR) is 91.6 cm³/mol. The van der Waals surface area contributed by atoms with Crippen molar-refractivity contribution in [3.05, 3.63) is 40.2 Å². The maximum Gasteiger partial charge on any atom is 0.273 e. The van der Waals surface area contributed by atoms with Crippen molar-refractivity contribution in [3.8, 4) is 11.5 Å². The second kappa shape index (κ2) is 7.98. The van der Waals surface area contributed by atoms with E-state index < -0.39 is 0 Å². The molecule has 0 atom stereocenters. The van der Waals surface area contributed by atoms with Crippen LogP contribution in [-0.2, 0) is 4.74 Å². The van der Waals surface area contributed by atoms with Crippen LogP contribution >= 0.6 is 23.2 Å². The largest absolute Gasteiger partial charge is 0.444 e. The number of aromatic nitrogens is 1. The van der Waals surface area contributed by atoms with Crippen LogP contribution in [0.5, 0.6) is 0 Å². The molecule has 0 aliphatic carbocycles. The molecule has 1 N–H and O–H groups in total. The van der Waals surface area contributed by atoms with Crippen molar-refractivity contribution in [2.24, 2.45) is 0 Å². The monoisotopic (exact) mass is 369 g/mol. The molecule has 6 nitrogen and oxygen atoms in total. The van der Waals surface area contributed by atoms with Gasteiger partial charge in [0.25, 0.3) is 5.91 Å². The third-order valence-corrected chi connectivity index (χ3v) is 4.46. The molecular formula is C16H17Cl2N3O3. The van der Waals surface area contributed by atoms with Crippen molar-refractivity contribution in [1.82, 2.24) is 15.2 Å². The van der Waals surface area contributed by atoms with E-state index in [9.17, 15) is 4.79 Å². The molecule has 0 unspecified atom stereocenters. The molecule has 0 radical (unpaired) electrons. The Balaban J connectivity index is 1.56. The molecule has 2 aromatic rings. The highest BCUT2D eigenvalue weighted by Crippen LogP contribution is 2.28. The summed E-state index contributed by atoms with van der Waals surface area (Å²) >= 11 is 11.9. The Hall–Kier alpha value is -1.60. The molecule has 1 aliphatic heterocycles. The van der Waals surface area contributed by atoms with E-state index in [0.717, 1.165) is 32.8 Å². The van der Waals surface area contributed by atoms with E-state index in [1.54, 1.807) is 18.2 Å². The van der Waals surface area contributed by atoms with Gasteiger partial charge in [0.05, 0.1) is 23.3 Å². The number of hydrogen-bond acceptors (Lipinski definition) is 5. The van der Waals surface area contributed by atoms with Crippen LogP contribution in [-0.4, -0.2) is 55.2 Å². The van der Waals surface area contributed by atoms with Gasteiger partial charge in [0.15, 0.2) is 5.69 Å². The van der Waals surface area contributed by atoms with Crippen LogP contribution in [0.2, 0.25) is 10.0 Å². The van der Waals surface area contributed by atoms with Gasteiger partial charge in [-0.3, -0.25) is 9.69 Å². The number of amides is 1. The smallest absolute Gasteiger partial charge is 0.273 e. The number of oxazole rings is 1. The quantitative estimate of drug-likeness (QED) is 0.877.